The summed E-state index contributed by atoms with van der Waals surface area (Å²) in [7, 11) is 0. The van der Waals surface area contributed by atoms with E-state index in [4.69, 9.17) is 24.5 Å². The summed E-state index contributed by atoms with van der Waals surface area (Å²) in [6, 6.07) is 20.1. The predicted molar refractivity (Wildman–Crippen MR) is 193 cm³/mol. The molecule has 1 fully saturated rings. The zero-order valence-corrected chi connectivity index (χ0v) is 30.2. The SMILES string of the molecule is CCN1CCC(c2cc(CCCOc3ccc(CNC[C@H](O)c4ccc(O)c5[nH]c(=O)ccc45)cc3)ccc2O)CC1.O=C(O)C(F)(F)F.O=C(O)C(F)(F)F. The smallest absolute Gasteiger partial charge is 0.490 e. The number of nitrogens with one attached hydrogen (secondary N) is 2. The number of hydrogen-bond acceptors (Lipinski definition) is 9. The number of benzene rings is 3. The molecule has 1 aliphatic heterocycles. The maximum atomic E-state index is 11.6. The zero-order valence-electron chi connectivity index (χ0n) is 30.2. The molecule has 0 radical (unpaired) electrons. The van der Waals surface area contributed by atoms with E-state index in [1.54, 1.807) is 12.1 Å². The van der Waals surface area contributed by atoms with Crippen LogP contribution in [0.3, 0.4) is 0 Å². The number of aliphatic carboxylic acids is 2. The number of aliphatic hydroxyl groups excluding tert-OH is 1. The summed E-state index contributed by atoms with van der Waals surface area (Å²) in [5.41, 5.74) is 4.05. The third kappa shape index (κ3) is 14.1. The number of hydrogen-bond donors (Lipinski definition) is 7. The molecule has 18 heteroatoms. The molecule has 12 nitrogen and oxygen atoms in total. The van der Waals surface area contributed by atoms with E-state index in [1.165, 1.54) is 17.7 Å². The summed E-state index contributed by atoms with van der Waals surface area (Å²) >= 11 is 0. The van der Waals surface area contributed by atoms with E-state index in [2.05, 4.69) is 28.2 Å². The maximum absolute atomic E-state index is 11.6. The van der Waals surface area contributed by atoms with Crippen LogP contribution < -0.4 is 15.6 Å². The van der Waals surface area contributed by atoms with Crippen molar-refractivity contribution in [3.05, 3.63) is 99.3 Å². The molecule has 56 heavy (non-hydrogen) atoms. The van der Waals surface area contributed by atoms with Gasteiger partial charge in [0.1, 0.15) is 17.2 Å². The molecule has 5 rings (SSSR count). The summed E-state index contributed by atoms with van der Waals surface area (Å²) in [5.74, 6) is -3.88. The van der Waals surface area contributed by atoms with E-state index in [-0.39, 0.29) is 11.3 Å². The molecule has 1 aromatic heterocycles. The highest BCUT2D eigenvalue weighted by Gasteiger charge is 2.39. The predicted octanol–water partition coefficient (Wildman–Crippen LogP) is 6.24. The number of phenols is 2. The van der Waals surface area contributed by atoms with Gasteiger partial charge < -0.3 is 45.5 Å². The van der Waals surface area contributed by atoms with Gasteiger partial charge in [-0.1, -0.05) is 37.3 Å². The number of H-pyrrole nitrogens is 1. The molecule has 3 aromatic carbocycles. The Kier molecular flexibility index (Phi) is 16.5. The van der Waals surface area contributed by atoms with Crippen LogP contribution in [-0.4, -0.2) is 92.5 Å². The Bertz CT molecular complexity index is 1920. The fraction of sp³-hybridized carbons (Fsp3) is 0.395. The number of aromatic amines is 1. The van der Waals surface area contributed by atoms with Crippen LogP contribution in [0.25, 0.3) is 10.9 Å². The summed E-state index contributed by atoms with van der Waals surface area (Å²) in [6.07, 6.45) is -6.99. The Balaban J connectivity index is 0.000000512. The second-order valence-electron chi connectivity index (χ2n) is 12.7. The number of aliphatic hydroxyl groups is 1. The molecule has 0 spiro atoms. The summed E-state index contributed by atoms with van der Waals surface area (Å²) < 4.78 is 69.4. The molecule has 0 aliphatic carbocycles. The number of aryl methyl sites for hydroxylation is 1. The van der Waals surface area contributed by atoms with Crippen molar-refractivity contribution in [3.8, 4) is 17.2 Å². The van der Waals surface area contributed by atoms with E-state index in [1.807, 2.05) is 36.4 Å². The number of carboxylic acids is 2. The largest absolute Gasteiger partial charge is 0.508 e. The number of aromatic nitrogens is 1. The lowest BCUT2D eigenvalue weighted by Gasteiger charge is -2.31. The molecule has 0 saturated carbocycles. The lowest BCUT2D eigenvalue weighted by atomic mass is 9.87. The standard InChI is InChI=1S/C34H41N3O5.2C2HF3O2/c1-2-37-17-15-25(16-18-37)29-20-23(7-12-30(29)38)4-3-19-42-26-8-5-24(6-9-26)21-35-22-32(40)27-10-13-31(39)34-28(27)11-14-33(41)36-34;2*3-2(4,5)1(6)7/h5-14,20,25,32,35,38-40H,2-4,15-19,21-22H2,1H3,(H,36,41);2*(H,6,7)/t32-;;/m0../s1. The Morgan fingerprint density at radius 2 is 1.45 bits per heavy atom. The monoisotopic (exact) mass is 799 g/mol. The topological polar surface area (TPSA) is 193 Å². The Morgan fingerprint density at radius 1 is 0.875 bits per heavy atom. The first kappa shape index (κ1) is 45.1. The molecule has 306 valence electrons. The third-order valence-electron chi connectivity index (χ3n) is 8.79. The van der Waals surface area contributed by atoms with Crippen molar-refractivity contribution in [3.63, 3.8) is 0 Å². The van der Waals surface area contributed by atoms with Crippen LogP contribution in [0.5, 0.6) is 17.2 Å². The number of rotatable bonds is 12. The highest BCUT2D eigenvalue weighted by atomic mass is 19.4. The van der Waals surface area contributed by atoms with Gasteiger partial charge >= 0.3 is 24.3 Å². The second kappa shape index (κ2) is 20.5. The van der Waals surface area contributed by atoms with Crippen molar-refractivity contribution >= 4 is 22.8 Å². The molecular weight excluding hydrogens is 756 g/mol. The molecule has 0 bridgehead atoms. The lowest BCUT2D eigenvalue weighted by molar-refractivity contribution is -0.193. The van der Waals surface area contributed by atoms with Gasteiger partial charge in [-0.15, -0.1) is 0 Å². The highest BCUT2D eigenvalue weighted by molar-refractivity contribution is 5.87. The molecule has 0 amide bonds. The number of alkyl halides is 6. The van der Waals surface area contributed by atoms with Crippen LogP contribution in [0.2, 0.25) is 0 Å². The van der Waals surface area contributed by atoms with Gasteiger partial charge in [-0.3, -0.25) is 4.79 Å². The fourth-order valence-electron chi connectivity index (χ4n) is 5.83. The molecule has 0 unspecified atom stereocenters. The van der Waals surface area contributed by atoms with Crippen LogP contribution in [-0.2, 0) is 22.6 Å². The number of aromatic hydroxyl groups is 2. The van der Waals surface area contributed by atoms with Crippen LogP contribution in [0.1, 0.15) is 60.5 Å². The van der Waals surface area contributed by atoms with Gasteiger partial charge in [0, 0.05) is 24.5 Å². The van der Waals surface area contributed by atoms with Crippen molar-refractivity contribution in [2.24, 2.45) is 0 Å². The Labute approximate surface area is 317 Å². The van der Waals surface area contributed by atoms with Gasteiger partial charge in [0.05, 0.1) is 18.2 Å². The fourth-order valence-corrected chi connectivity index (χ4v) is 5.83. The van der Waals surface area contributed by atoms with Crippen molar-refractivity contribution in [2.45, 2.75) is 63.5 Å². The Hall–Kier alpha value is -5.33. The second-order valence-corrected chi connectivity index (χ2v) is 12.7. The lowest BCUT2D eigenvalue weighted by Crippen LogP contribution is -2.32. The van der Waals surface area contributed by atoms with Crippen molar-refractivity contribution in [2.75, 3.05) is 32.8 Å². The maximum Gasteiger partial charge on any atom is 0.490 e. The summed E-state index contributed by atoms with van der Waals surface area (Å²) in [6.45, 7) is 6.98. The van der Waals surface area contributed by atoms with Crippen molar-refractivity contribution < 1.29 is 66.2 Å². The number of phenolic OH excluding ortho intramolecular Hbond substituents is 2. The van der Waals surface area contributed by atoms with Gasteiger partial charge in [-0.2, -0.15) is 26.3 Å². The molecule has 1 aliphatic rings. The number of piperidine rings is 1. The normalized spacial score (nSPS) is 14.2. The Morgan fingerprint density at radius 3 is 2.02 bits per heavy atom. The third-order valence-corrected chi connectivity index (χ3v) is 8.79. The van der Waals surface area contributed by atoms with Crippen LogP contribution in [0.15, 0.2) is 71.5 Å². The van der Waals surface area contributed by atoms with Gasteiger partial charge in [0.25, 0.3) is 0 Å². The number of nitrogens with zero attached hydrogens (tertiary/aromatic N) is 1. The van der Waals surface area contributed by atoms with Crippen molar-refractivity contribution in [1.82, 2.24) is 15.2 Å². The van der Waals surface area contributed by atoms with E-state index >= 15 is 0 Å². The first-order valence-electron chi connectivity index (χ1n) is 17.4. The average Bonchev–Trinajstić information content (AvgIpc) is 3.14. The van der Waals surface area contributed by atoms with Crippen LogP contribution in [0.4, 0.5) is 26.3 Å². The summed E-state index contributed by atoms with van der Waals surface area (Å²) in [4.78, 5) is 34.5. The van der Waals surface area contributed by atoms with Crippen LogP contribution >= 0.6 is 0 Å². The van der Waals surface area contributed by atoms with Crippen LogP contribution in [0, 0.1) is 0 Å². The minimum Gasteiger partial charge on any atom is -0.508 e. The summed E-state index contributed by atoms with van der Waals surface area (Å²) in [5, 5.41) is 49.4. The molecule has 4 aromatic rings. The molecule has 1 atom stereocenters. The highest BCUT2D eigenvalue weighted by Crippen LogP contribution is 2.34. The van der Waals surface area contributed by atoms with Gasteiger partial charge in [0.15, 0.2) is 0 Å². The van der Waals surface area contributed by atoms with Gasteiger partial charge in [-0.05, 0) is 104 Å². The number of halogens is 6. The number of likely N-dealkylation sites (tertiary alicyclic amines) is 1. The van der Waals surface area contributed by atoms with E-state index in [9.17, 15) is 46.5 Å². The average molecular weight is 800 g/mol. The number of carboxylic acid groups (broad SMARTS) is 2. The number of pyridine rings is 1. The molecular formula is C38H43F6N3O9. The van der Waals surface area contributed by atoms with E-state index in [0.29, 0.717) is 47.8 Å². The van der Waals surface area contributed by atoms with E-state index < -0.39 is 30.4 Å². The number of ether oxygens (including phenoxy) is 1. The molecule has 2 heterocycles. The number of carbonyl (C=O) groups is 2. The molecule has 7 N–H and O–H groups in total. The van der Waals surface area contributed by atoms with Crippen molar-refractivity contribution in [1.29, 1.82) is 0 Å². The first-order chi connectivity index (χ1) is 26.3. The first-order valence-corrected chi connectivity index (χ1v) is 17.4. The van der Waals surface area contributed by atoms with Gasteiger partial charge in [-0.25, -0.2) is 9.59 Å². The minimum atomic E-state index is -5.08. The number of fused-ring (bicyclic) bond motifs is 1. The zero-order chi connectivity index (χ0) is 41.6. The minimum absolute atomic E-state index is 0.0261. The molecule has 1 saturated heterocycles. The quantitative estimate of drug-likeness (QED) is 0.0634. The van der Waals surface area contributed by atoms with Gasteiger partial charge in [0.2, 0.25) is 5.56 Å². The van der Waals surface area contributed by atoms with E-state index in [0.717, 1.165) is 62.2 Å².